The molecule has 0 bridgehead atoms. The van der Waals surface area contributed by atoms with Crippen LogP contribution >= 0.6 is 11.6 Å². The van der Waals surface area contributed by atoms with Crippen molar-refractivity contribution in [2.24, 2.45) is 0 Å². The van der Waals surface area contributed by atoms with Crippen LogP contribution in [0.5, 0.6) is 0 Å². The molecule has 0 unspecified atom stereocenters. The van der Waals surface area contributed by atoms with Crippen molar-refractivity contribution >= 4 is 46.0 Å². The monoisotopic (exact) mass is 515 g/mol. The highest BCUT2D eigenvalue weighted by atomic mass is 35.5. The number of rotatable bonds is 8. The number of halogens is 1. The predicted molar refractivity (Wildman–Crippen MR) is 143 cm³/mol. The summed E-state index contributed by atoms with van der Waals surface area (Å²) in [4.78, 5) is 43.6. The van der Waals surface area contributed by atoms with Gasteiger partial charge in [-0.05, 0) is 60.7 Å². The number of nitrogens with one attached hydrogen (secondary N) is 2. The van der Waals surface area contributed by atoms with Gasteiger partial charge in [-0.1, -0.05) is 60.1 Å². The van der Waals surface area contributed by atoms with Gasteiger partial charge in [0.25, 0.3) is 5.91 Å². The van der Waals surface area contributed by atoms with Gasteiger partial charge in [-0.15, -0.1) is 0 Å². The molecular formula is C29H26ClN3O4. The second kappa shape index (κ2) is 10.5. The van der Waals surface area contributed by atoms with Crippen LogP contribution in [0.25, 0.3) is 10.9 Å². The van der Waals surface area contributed by atoms with Crippen molar-refractivity contribution < 1.29 is 19.5 Å². The number of para-hydroxylation sites is 1. The summed E-state index contributed by atoms with van der Waals surface area (Å²) in [5, 5.41) is 13.8. The van der Waals surface area contributed by atoms with Crippen molar-refractivity contribution in [3.63, 3.8) is 0 Å². The minimum atomic E-state index is -0.975. The van der Waals surface area contributed by atoms with Gasteiger partial charge in [0.1, 0.15) is 11.7 Å². The van der Waals surface area contributed by atoms with E-state index < -0.39 is 24.0 Å². The lowest BCUT2D eigenvalue weighted by molar-refractivity contribution is -0.137. The molecular weight excluding hydrogens is 490 g/mol. The Hall–Kier alpha value is -4.10. The van der Waals surface area contributed by atoms with Crippen molar-refractivity contribution in [3.8, 4) is 0 Å². The molecule has 4 aromatic rings. The molecule has 3 aromatic carbocycles. The molecule has 8 heteroatoms. The van der Waals surface area contributed by atoms with Gasteiger partial charge in [0.2, 0.25) is 5.91 Å². The number of nitrogens with zero attached hydrogens (tertiary/aromatic N) is 1. The Morgan fingerprint density at radius 3 is 2.57 bits per heavy atom. The molecule has 0 spiro atoms. The first kappa shape index (κ1) is 24.6. The minimum absolute atomic E-state index is 0.178. The molecule has 0 aliphatic carbocycles. The third-order valence-electron chi connectivity index (χ3n) is 6.71. The molecule has 37 heavy (non-hydrogen) atoms. The highest BCUT2D eigenvalue weighted by molar-refractivity contribution is 6.31. The molecule has 7 nitrogen and oxygen atoms in total. The molecule has 1 aliphatic heterocycles. The van der Waals surface area contributed by atoms with Crippen LogP contribution in [0.15, 0.2) is 78.9 Å². The Kier molecular flexibility index (Phi) is 6.97. The van der Waals surface area contributed by atoms with Gasteiger partial charge in [-0.25, -0.2) is 0 Å². The maximum atomic E-state index is 14.0. The number of carbonyl (C=O) groups is 3. The maximum absolute atomic E-state index is 14.0. The fraction of sp³-hybridized carbons (Fsp3) is 0.207. The summed E-state index contributed by atoms with van der Waals surface area (Å²) in [5.74, 6) is -1.71. The van der Waals surface area contributed by atoms with Crippen LogP contribution in [0.3, 0.4) is 0 Å². The molecule has 188 valence electrons. The topological polar surface area (TPSA) is 102 Å². The quantitative estimate of drug-likeness (QED) is 0.308. The van der Waals surface area contributed by atoms with E-state index in [-0.39, 0.29) is 12.3 Å². The molecule has 2 amide bonds. The fourth-order valence-corrected chi connectivity index (χ4v) is 5.15. The van der Waals surface area contributed by atoms with Gasteiger partial charge in [-0.3, -0.25) is 14.4 Å². The largest absolute Gasteiger partial charge is 0.481 e. The summed E-state index contributed by atoms with van der Waals surface area (Å²) in [6.45, 7) is 0. The average molecular weight is 516 g/mol. The van der Waals surface area contributed by atoms with Crippen LogP contribution in [0.1, 0.15) is 34.5 Å². The average Bonchev–Trinajstić information content (AvgIpc) is 3.47. The van der Waals surface area contributed by atoms with Gasteiger partial charge in [0.15, 0.2) is 0 Å². The Bertz CT molecular complexity index is 1470. The second-order valence-electron chi connectivity index (χ2n) is 9.26. The van der Waals surface area contributed by atoms with Crippen molar-refractivity contribution in [1.29, 1.82) is 0 Å². The van der Waals surface area contributed by atoms with E-state index in [0.29, 0.717) is 35.7 Å². The van der Waals surface area contributed by atoms with Gasteiger partial charge in [0.05, 0.1) is 12.5 Å². The van der Waals surface area contributed by atoms with E-state index in [4.69, 9.17) is 11.6 Å². The number of aromatic nitrogens is 1. The predicted octanol–water partition coefficient (Wildman–Crippen LogP) is 4.99. The van der Waals surface area contributed by atoms with Crippen LogP contribution in [0.2, 0.25) is 5.02 Å². The number of fused-ring (bicyclic) bond motifs is 2. The van der Waals surface area contributed by atoms with Crippen molar-refractivity contribution in [3.05, 3.63) is 101 Å². The molecule has 0 saturated carbocycles. The zero-order valence-electron chi connectivity index (χ0n) is 20.0. The van der Waals surface area contributed by atoms with Crippen molar-refractivity contribution in [2.75, 3.05) is 4.90 Å². The Labute approximate surface area is 219 Å². The second-order valence-corrected chi connectivity index (χ2v) is 9.69. The number of carboxylic acid groups (broad SMARTS) is 1. The van der Waals surface area contributed by atoms with E-state index in [1.54, 1.807) is 29.2 Å². The van der Waals surface area contributed by atoms with E-state index in [1.165, 1.54) is 0 Å². The molecule has 2 heterocycles. The number of aliphatic carboxylic acids is 1. The van der Waals surface area contributed by atoms with Crippen molar-refractivity contribution in [1.82, 2.24) is 10.3 Å². The number of anilines is 1. The first-order valence-electron chi connectivity index (χ1n) is 12.1. The number of hydrogen-bond acceptors (Lipinski definition) is 3. The molecule has 3 N–H and O–H groups in total. The molecule has 0 fully saturated rings. The SMILES string of the molecule is O=C(O)C[C@H]1Cc2ccccc2N1C(=O)[C@H](CCc1ccccc1)NC(=O)c1cc2cc(Cl)ccc2[nH]1. The number of H-pyrrole nitrogens is 1. The van der Waals surface area contributed by atoms with E-state index in [1.807, 2.05) is 54.6 Å². The summed E-state index contributed by atoms with van der Waals surface area (Å²) < 4.78 is 0. The van der Waals surface area contributed by atoms with E-state index in [2.05, 4.69) is 10.3 Å². The lowest BCUT2D eigenvalue weighted by Crippen LogP contribution is -2.51. The molecule has 5 rings (SSSR count). The molecule has 1 aliphatic rings. The van der Waals surface area contributed by atoms with Crippen LogP contribution in [0.4, 0.5) is 5.69 Å². The summed E-state index contributed by atoms with van der Waals surface area (Å²) in [6, 6.07) is 22.8. The summed E-state index contributed by atoms with van der Waals surface area (Å²) in [6.07, 6.45) is 1.21. The summed E-state index contributed by atoms with van der Waals surface area (Å²) >= 11 is 6.09. The third kappa shape index (κ3) is 5.37. The molecule has 0 radical (unpaired) electrons. The number of carbonyl (C=O) groups excluding carboxylic acids is 2. The van der Waals surface area contributed by atoms with Crippen LogP contribution < -0.4 is 10.2 Å². The van der Waals surface area contributed by atoms with Gasteiger partial charge in [0, 0.05) is 21.6 Å². The first-order chi connectivity index (χ1) is 17.9. The van der Waals surface area contributed by atoms with E-state index >= 15 is 0 Å². The van der Waals surface area contributed by atoms with E-state index in [0.717, 1.165) is 22.0 Å². The molecule has 1 aromatic heterocycles. The van der Waals surface area contributed by atoms with Crippen molar-refractivity contribution in [2.45, 2.75) is 37.8 Å². The normalized spacial score (nSPS) is 15.4. The Morgan fingerprint density at radius 2 is 1.78 bits per heavy atom. The molecule has 2 atom stereocenters. The third-order valence-corrected chi connectivity index (χ3v) is 6.95. The smallest absolute Gasteiger partial charge is 0.305 e. The minimum Gasteiger partial charge on any atom is -0.481 e. The number of hydrogen-bond donors (Lipinski definition) is 3. The van der Waals surface area contributed by atoms with Gasteiger partial charge in [-0.2, -0.15) is 0 Å². The summed E-state index contributed by atoms with van der Waals surface area (Å²) in [5.41, 5.74) is 3.73. The Morgan fingerprint density at radius 1 is 1.03 bits per heavy atom. The number of aryl methyl sites for hydroxylation is 1. The highest BCUT2D eigenvalue weighted by Gasteiger charge is 2.38. The zero-order valence-corrected chi connectivity index (χ0v) is 20.7. The van der Waals surface area contributed by atoms with Gasteiger partial charge < -0.3 is 20.3 Å². The standard InChI is InChI=1S/C29H26ClN3O4/c30-21-11-13-23-20(14-21)16-25(31-23)28(36)32-24(12-10-18-6-2-1-3-7-18)29(37)33-22(17-27(34)35)15-19-8-4-5-9-26(19)33/h1-9,11,13-14,16,22,24,31H,10,12,15,17H2,(H,32,36)(H,34,35)/t22-,24+/m1/s1. The highest BCUT2D eigenvalue weighted by Crippen LogP contribution is 2.34. The maximum Gasteiger partial charge on any atom is 0.305 e. The number of carboxylic acids is 1. The summed E-state index contributed by atoms with van der Waals surface area (Å²) in [7, 11) is 0. The lowest BCUT2D eigenvalue weighted by atomic mass is 10.0. The van der Waals surface area contributed by atoms with Gasteiger partial charge >= 0.3 is 5.97 Å². The lowest BCUT2D eigenvalue weighted by Gasteiger charge is -2.29. The first-order valence-corrected chi connectivity index (χ1v) is 12.5. The number of aromatic amines is 1. The van der Waals surface area contributed by atoms with Crippen LogP contribution in [-0.4, -0.2) is 40.0 Å². The fourth-order valence-electron chi connectivity index (χ4n) is 4.97. The molecule has 0 saturated heterocycles. The van der Waals surface area contributed by atoms with Crippen LogP contribution in [-0.2, 0) is 22.4 Å². The number of amides is 2. The van der Waals surface area contributed by atoms with Crippen LogP contribution in [0, 0.1) is 0 Å². The number of benzene rings is 3. The van der Waals surface area contributed by atoms with E-state index in [9.17, 15) is 19.5 Å². The Balaban J connectivity index is 1.44. The zero-order chi connectivity index (χ0) is 25.9.